The Bertz CT molecular complexity index is 1290. The Balaban J connectivity index is 1.28. The Morgan fingerprint density at radius 1 is 1.12 bits per heavy atom. The van der Waals surface area contributed by atoms with Crippen LogP contribution < -0.4 is 24.8 Å². The number of nitrogens with one attached hydrogen (secondary N) is 3. The van der Waals surface area contributed by atoms with E-state index in [-0.39, 0.29) is 10.7 Å². The molecular weight excluding hydrogens is 468 g/mol. The van der Waals surface area contributed by atoms with Crippen LogP contribution in [0, 0.1) is 0 Å². The Kier molecular flexibility index (Phi) is 6.36. The van der Waals surface area contributed by atoms with Crippen molar-refractivity contribution in [2.45, 2.75) is 17.9 Å². The van der Waals surface area contributed by atoms with Crippen molar-refractivity contribution >= 4 is 39.5 Å². The molecule has 0 aliphatic carbocycles. The SMILES string of the molecule is C[C@H](N=C1NS(=O)(=O)c2ccccc21)C(=O)OCC(=O)NC(=O)Nc1ccc2c(c1)OCCO2. The summed E-state index contributed by atoms with van der Waals surface area (Å²) in [5.74, 6) is -0.726. The maximum absolute atomic E-state index is 12.2. The zero-order valence-electron chi connectivity index (χ0n) is 17.9. The molecule has 0 spiro atoms. The molecule has 0 aromatic heterocycles. The summed E-state index contributed by atoms with van der Waals surface area (Å²) in [6.45, 7) is 1.47. The summed E-state index contributed by atoms with van der Waals surface area (Å²) in [6, 6.07) is 9.00. The van der Waals surface area contributed by atoms with E-state index < -0.39 is 40.6 Å². The topological polar surface area (TPSA) is 161 Å². The highest BCUT2D eigenvalue weighted by Gasteiger charge is 2.31. The number of urea groups is 1. The molecule has 4 rings (SSSR count). The molecule has 2 aromatic carbocycles. The number of carbonyl (C=O) groups excluding carboxylic acids is 3. The van der Waals surface area contributed by atoms with Crippen molar-refractivity contribution < 1.29 is 37.0 Å². The minimum atomic E-state index is -3.75. The molecule has 3 N–H and O–H groups in total. The zero-order valence-corrected chi connectivity index (χ0v) is 18.7. The average Bonchev–Trinajstić information content (AvgIpc) is 3.07. The molecule has 2 aliphatic rings. The molecule has 3 amide bonds. The van der Waals surface area contributed by atoms with Gasteiger partial charge in [0.05, 0.1) is 4.90 Å². The lowest BCUT2D eigenvalue weighted by Gasteiger charge is -2.19. The number of nitrogens with zero attached hydrogens (tertiary/aromatic N) is 1. The second-order valence-corrected chi connectivity index (χ2v) is 8.87. The highest BCUT2D eigenvalue weighted by Crippen LogP contribution is 2.32. The second kappa shape index (κ2) is 9.39. The van der Waals surface area contributed by atoms with Gasteiger partial charge in [0.15, 0.2) is 18.1 Å². The van der Waals surface area contributed by atoms with E-state index in [1.165, 1.54) is 13.0 Å². The first-order valence-electron chi connectivity index (χ1n) is 10.1. The van der Waals surface area contributed by atoms with Gasteiger partial charge in [-0.2, -0.15) is 0 Å². The van der Waals surface area contributed by atoms with Crippen molar-refractivity contribution in [2.75, 3.05) is 25.1 Å². The van der Waals surface area contributed by atoms with Crippen molar-refractivity contribution in [3.05, 3.63) is 48.0 Å². The zero-order chi connectivity index (χ0) is 24.3. The standard InChI is InChI=1S/C21H20N4O8S/c1-12(22-19-14-4-2-3-5-17(14)34(29,30)25-19)20(27)33-11-18(26)24-21(28)23-13-6-7-15-16(10-13)32-9-8-31-15/h2-7,10,12H,8-9,11H2,1H3,(H,22,25)(H2,23,24,26,28)/t12-/m0/s1. The number of amides is 3. The van der Waals surface area contributed by atoms with Crippen LogP contribution in [0.1, 0.15) is 12.5 Å². The lowest BCUT2D eigenvalue weighted by Crippen LogP contribution is -2.38. The van der Waals surface area contributed by atoms with Gasteiger partial charge in [0.25, 0.3) is 15.9 Å². The molecule has 0 fully saturated rings. The van der Waals surface area contributed by atoms with E-state index in [9.17, 15) is 22.8 Å². The summed E-state index contributed by atoms with van der Waals surface area (Å²) in [5, 5.41) is 4.50. The maximum Gasteiger partial charge on any atom is 0.331 e. The Morgan fingerprint density at radius 3 is 2.65 bits per heavy atom. The monoisotopic (exact) mass is 488 g/mol. The van der Waals surface area contributed by atoms with Crippen molar-refractivity contribution in [3.8, 4) is 11.5 Å². The number of fused-ring (bicyclic) bond motifs is 2. The number of ether oxygens (including phenoxy) is 3. The van der Waals surface area contributed by atoms with Crippen LogP contribution in [-0.4, -0.2) is 58.0 Å². The van der Waals surface area contributed by atoms with E-state index in [1.807, 2.05) is 5.32 Å². The molecule has 2 aliphatic heterocycles. The number of esters is 1. The second-order valence-electron chi connectivity index (χ2n) is 7.22. The number of carbonyl (C=O) groups is 3. The van der Waals surface area contributed by atoms with E-state index >= 15 is 0 Å². The third-order valence-corrected chi connectivity index (χ3v) is 6.12. The van der Waals surface area contributed by atoms with Gasteiger partial charge in [0, 0.05) is 17.3 Å². The predicted octanol–water partition coefficient (Wildman–Crippen LogP) is 0.776. The van der Waals surface area contributed by atoms with E-state index in [1.54, 1.807) is 36.4 Å². The molecule has 2 heterocycles. The number of aliphatic imine (C=N–C) groups is 1. The van der Waals surface area contributed by atoms with Crippen molar-refractivity contribution in [2.24, 2.45) is 4.99 Å². The van der Waals surface area contributed by atoms with Crippen LogP contribution in [0.2, 0.25) is 0 Å². The predicted molar refractivity (Wildman–Crippen MR) is 118 cm³/mol. The van der Waals surface area contributed by atoms with Gasteiger partial charge in [0.1, 0.15) is 25.1 Å². The normalized spacial score (nSPS) is 17.1. The summed E-state index contributed by atoms with van der Waals surface area (Å²) in [7, 11) is -3.75. The first-order chi connectivity index (χ1) is 16.2. The van der Waals surface area contributed by atoms with E-state index in [0.717, 1.165) is 0 Å². The fourth-order valence-corrected chi connectivity index (χ4v) is 4.42. The number of rotatable bonds is 5. The number of hydrogen-bond donors (Lipinski definition) is 3. The highest BCUT2D eigenvalue weighted by molar-refractivity contribution is 7.90. The summed E-state index contributed by atoms with van der Waals surface area (Å²) in [5.41, 5.74) is 0.700. The van der Waals surface area contributed by atoms with Gasteiger partial charge >= 0.3 is 12.0 Å². The molecule has 0 radical (unpaired) electrons. The molecule has 0 bridgehead atoms. The number of amidine groups is 1. The Morgan fingerprint density at radius 2 is 1.85 bits per heavy atom. The number of anilines is 1. The van der Waals surface area contributed by atoms with Gasteiger partial charge in [0.2, 0.25) is 0 Å². The Labute approximate surface area is 194 Å². The third kappa shape index (κ3) is 5.09. The molecule has 0 saturated carbocycles. The molecule has 12 nitrogen and oxygen atoms in total. The number of hydrogen-bond acceptors (Lipinski definition) is 9. The average molecular weight is 488 g/mol. The summed E-state index contributed by atoms with van der Waals surface area (Å²) >= 11 is 0. The summed E-state index contributed by atoms with van der Waals surface area (Å²) < 4.78 is 42.2. The van der Waals surface area contributed by atoms with Crippen LogP contribution in [0.15, 0.2) is 52.4 Å². The summed E-state index contributed by atoms with van der Waals surface area (Å²) in [4.78, 5) is 40.3. The lowest BCUT2D eigenvalue weighted by molar-refractivity contribution is -0.149. The fourth-order valence-electron chi connectivity index (χ4n) is 3.18. The molecule has 34 heavy (non-hydrogen) atoms. The lowest BCUT2D eigenvalue weighted by atomic mass is 10.2. The van der Waals surface area contributed by atoms with Gasteiger partial charge in [-0.3, -0.25) is 19.8 Å². The Hall–Kier alpha value is -4.13. The first kappa shape index (κ1) is 23.0. The smallest absolute Gasteiger partial charge is 0.331 e. The van der Waals surface area contributed by atoms with E-state index in [0.29, 0.717) is 36.0 Å². The molecule has 0 unspecified atom stereocenters. The maximum atomic E-state index is 12.2. The van der Waals surface area contributed by atoms with Gasteiger partial charge in [-0.25, -0.2) is 18.0 Å². The van der Waals surface area contributed by atoms with E-state index in [4.69, 9.17) is 14.2 Å². The van der Waals surface area contributed by atoms with Crippen LogP contribution in [0.5, 0.6) is 11.5 Å². The largest absolute Gasteiger partial charge is 0.486 e. The molecular formula is C21H20N4O8S. The van der Waals surface area contributed by atoms with Crippen molar-refractivity contribution in [1.82, 2.24) is 10.0 Å². The number of imide groups is 1. The van der Waals surface area contributed by atoms with Gasteiger partial charge in [-0.05, 0) is 31.2 Å². The van der Waals surface area contributed by atoms with Crippen LogP contribution >= 0.6 is 0 Å². The quantitative estimate of drug-likeness (QED) is 0.520. The minimum Gasteiger partial charge on any atom is -0.486 e. The molecule has 13 heteroatoms. The van der Waals surface area contributed by atoms with Gasteiger partial charge in [-0.1, -0.05) is 12.1 Å². The van der Waals surface area contributed by atoms with Gasteiger partial charge < -0.3 is 19.5 Å². The fraction of sp³-hybridized carbons (Fsp3) is 0.238. The van der Waals surface area contributed by atoms with Gasteiger partial charge in [-0.15, -0.1) is 0 Å². The third-order valence-electron chi connectivity index (χ3n) is 4.73. The van der Waals surface area contributed by atoms with E-state index in [2.05, 4.69) is 15.0 Å². The molecule has 2 aromatic rings. The number of sulfonamides is 1. The van der Waals surface area contributed by atoms with Crippen molar-refractivity contribution in [3.63, 3.8) is 0 Å². The molecule has 0 saturated heterocycles. The van der Waals surface area contributed by atoms with Crippen LogP contribution in [0.3, 0.4) is 0 Å². The van der Waals surface area contributed by atoms with Crippen LogP contribution in [0.25, 0.3) is 0 Å². The first-order valence-corrected chi connectivity index (χ1v) is 11.6. The highest BCUT2D eigenvalue weighted by atomic mass is 32.2. The summed E-state index contributed by atoms with van der Waals surface area (Å²) in [6.07, 6.45) is 0. The molecule has 1 atom stereocenters. The van der Waals surface area contributed by atoms with Crippen molar-refractivity contribution in [1.29, 1.82) is 0 Å². The van der Waals surface area contributed by atoms with Crippen LogP contribution in [-0.2, 0) is 24.3 Å². The van der Waals surface area contributed by atoms with Crippen LogP contribution in [0.4, 0.5) is 10.5 Å². The molecule has 178 valence electrons. The minimum absolute atomic E-state index is 0.00306. The number of benzene rings is 2.